The van der Waals surface area contributed by atoms with E-state index in [0.29, 0.717) is 0 Å². The molecule has 0 aromatic heterocycles. The summed E-state index contributed by atoms with van der Waals surface area (Å²) in [7, 11) is 0. The average molecular weight is 666 g/mol. The molecule has 13 aliphatic rings. The second-order valence-corrected chi connectivity index (χ2v) is 21.9. The zero-order valence-corrected chi connectivity index (χ0v) is 31.1. The van der Waals surface area contributed by atoms with Gasteiger partial charge in [0.2, 0.25) is 0 Å². The Morgan fingerprint density at radius 2 is 0.755 bits per heavy atom. The Labute approximate surface area is 299 Å². The first-order valence-electron chi connectivity index (χ1n) is 23.7. The van der Waals surface area contributed by atoms with Crippen LogP contribution in [0.4, 0.5) is 0 Å². The third-order valence-electron chi connectivity index (χ3n) is 21.0. The maximum absolute atomic E-state index is 3.62. The third-order valence-corrected chi connectivity index (χ3v) is 21.0. The molecule has 49 heavy (non-hydrogen) atoms. The van der Waals surface area contributed by atoms with Gasteiger partial charge in [-0.05, 0) is 148 Å². The Bertz CT molecular complexity index is 1300. The van der Waals surface area contributed by atoms with Crippen LogP contribution in [0.2, 0.25) is 0 Å². The van der Waals surface area contributed by atoms with Crippen LogP contribution in [0.25, 0.3) is 0 Å². The topological polar surface area (TPSA) is 9.72 Å². The van der Waals surface area contributed by atoms with Gasteiger partial charge in [-0.2, -0.15) is 0 Å². The monoisotopic (exact) mass is 666 g/mol. The van der Waals surface area contributed by atoms with Gasteiger partial charge in [0.25, 0.3) is 0 Å². The van der Waals surface area contributed by atoms with Gasteiger partial charge in [0.1, 0.15) is 0 Å². The molecule has 3 heteroatoms. The van der Waals surface area contributed by atoms with Gasteiger partial charge < -0.3 is 0 Å². The average Bonchev–Trinajstić information content (AvgIpc) is 3.70. The van der Waals surface area contributed by atoms with Crippen LogP contribution in [0.1, 0.15) is 161 Å². The molecule has 0 N–H and O–H groups in total. The van der Waals surface area contributed by atoms with E-state index < -0.39 is 0 Å². The highest BCUT2D eigenvalue weighted by Crippen LogP contribution is 2.68. The first-order chi connectivity index (χ1) is 24.4. The lowest BCUT2D eigenvalue weighted by atomic mass is 9.51. The summed E-state index contributed by atoms with van der Waals surface area (Å²) in [4.78, 5) is 10.8. The lowest BCUT2D eigenvalue weighted by Crippen LogP contribution is -2.84. The van der Waals surface area contributed by atoms with E-state index in [-0.39, 0.29) is 0 Å². The molecule has 0 radical (unpaired) electrons. The van der Waals surface area contributed by atoms with Crippen molar-refractivity contribution in [2.24, 2.45) is 71.0 Å². The summed E-state index contributed by atoms with van der Waals surface area (Å²) in [5.41, 5.74) is 0. The van der Waals surface area contributed by atoms with Gasteiger partial charge in [0, 0.05) is 54.4 Å². The summed E-state index contributed by atoms with van der Waals surface area (Å²) in [6.07, 6.45) is 39.5. The van der Waals surface area contributed by atoms with Crippen molar-refractivity contribution in [3.63, 3.8) is 0 Å². The van der Waals surface area contributed by atoms with E-state index in [1.54, 1.807) is 161 Å². The van der Waals surface area contributed by atoms with Gasteiger partial charge in [-0.15, -0.1) is 0 Å². The van der Waals surface area contributed by atoms with E-state index >= 15 is 0 Å². The fourth-order valence-corrected chi connectivity index (χ4v) is 20.4. The molecule has 9 saturated carbocycles. The molecule has 0 bridgehead atoms. The molecule has 4 saturated heterocycles. The van der Waals surface area contributed by atoms with Crippen molar-refractivity contribution in [3.05, 3.63) is 0 Å². The number of rotatable bonds is 0. The van der Waals surface area contributed by atoms with E-state index in [9.17, 15) is 0 Å². The number of fused-ring (bicyclic) bond motifs is 19. The molecule has 0 spiro atoms. The van der Waals surface area contributed by atoms with E-state index in [4.69, 9.17) is 0 Å². The molecule has 13 rings (SSSR count). The van der Waals surface area contributed by atoms with Crippen molar-refractivity contribution >= 4 is 0 Å². The number of hydrogen-bond donors (Lipinski definition) is 0. The minimum absolute atomic E-state index is 0.881. The summed E-state index contributed by atoms with van der Waals surface area (Å²) >= 11 is 0. The second-order valence-electron chi connectivity index (χ2n) is 21.9. The van der Waals surface area contributed by atoms with Crippen LogP contribution in [0.5, 0.6) is 0 Å². The van der Waals surface area contributed by atoms with Crippen molar-refractivity contribution in [1.29, 1.82) is 0 Å². The normalized spacial score (nSPS) is 61.8. The summed E-state index contributed by atoms with van der Waals surface area (Å²) in [5.74, 6) is 12.8. The second kappa shape index (κ2) is 11.2. The Hall–Kier alpha value is -0.120. The van der Waals surface area contributed by atoms with E-state index in [2.05, 4.69) is 14.7 Å². The highest BCUT2D eigenvalue weighted by molar-refractivity contribution is 5.28. The maximum Gasteiger partial charge on any atom is 0.0417 e. The molecule has 0 aromatic rings. The summed E-state index contributed by atoms with van der Waals surface area (Å²) in [5, 5.41) is 0. The molecule has 4 aliphatic heterocycles. The fourth-order valence-electron chi connectivity index (χ4n) is 20.4. The van der Waals surface area contributed by atoms with Gasteiger partial charge >= 0.3 is 0 Å². The van der Waals surface area contributed by atoms with Gasteiger partial charge in [-0.3, -0.25) is 14.7 Å². The highest BCUT2D eigenvalue weighted by Gasteiger charge is 2.74. The minimum atomic E-state index is 0.881. The summed E-state index contributed by atoms with van der Waals surface area (Å²) < 4.78 is 0. The molecule has 0 aromatic carbocycles. The molecule has 13 fully saturated rings. The molecular weight excluding hydrogens is 595 g/mol. The van der Waals surface area contributed by atoms with E-state index in [1.165, 1.54) is 0 Å². The highest BCUT2D eigenvalue weighted by atomic mass is 15.5. The first kappa shape index (κ1) is 30.2. The Kier molecular flexibility index (Phi) is 6.92. The van der Waals surface area contributed by atoms with Crippen molar-refractivity contribution in [2.45, 2.75) is 215 Å². The zero-order chi connectivity index (χ0) is 31.5. The van der Waals surface area contributed by atoms with Gasteiger partial charge in [0.05, 0.1) is 0 Å². The van der Waals surface area contributed by atoms with Gasteiger partial charge in [-0.1, -0.05) is 83.5 Å². The molecule has 270 valence electrons. The lowest BCUT2D eigenvalue weighted by molar-refractivity contribution is -0.226. The molecule has 0 amide bonds. The predicted molar refractivity (Wildman–Crippen MR) is 197 cm³/mol. The van der Waals surface area contributed by atoms with Crippen LogP contribution in [0.3, 0.4) is 0 Å². The molecular formula is C46H71N3. The lowest BCUT2D eigenvalue weighted by Gasteiger charge is -2.72. The predicted octanol–water partition coefficient (Wildman–Crippen LogP) is 9.53. The van der Waals surface area contributed by atoms with Crippen LogP contribution in [-0.4, -0.2) is 69.1 Å². The van der Waals surface area contributed by atoms with E-state index in [0.717, 1.165) is 125 Å². The Balaban J connectivity index is 0.991. The number of hydrogen-bond acceptors (Lipinski definition) is 3. The minimum Gasteiger partial charge on any atom is -0.290 e. The SMILES string of the molecule is C1CCC2C(C1)CC1C3C2C2CCCCC2N3C2C3CCCCC3CC3C2N1C1CCCC2C4C5CCCCC5C5CCCCC5C4N3C21. The van der Waals surface area contributed by atoms with Crippen LogP contribution in [0, 0.1) is 71.0 Å². The number of piperazine rings is 2. The first-order valence-corrected chi connectivity index (χ1v) is 23.7. The third kappa shape index (κ3) is 3.89. The van der Waals surface area contributed by atoms with Crippen molar-refractivity contribution in [2.75, 3.05) is 0 Å². The van der Waals surface area contributed by atoms with E-state index in [1.807, 2.05) is 0 Å². The molecule has 21 unspecified atom stereocenters. The van der Waals surface area contributed by atoms with Crippen molar-refractivity contribution < 1.29 is 0 Å². The maximum atomic E-state index is 3.62. The van der Waals surface area contributed by atoms with Crippen LogP contribution >= 0.6 is 0 Å². The van der Waals surface area contributed by atoms with Gasteiger partial charge in [0.15, 0.2) is 0 Å². The van der Waals surface area contributed by atoms with Crippen LogP contribution in [0.15, 0.2) is 0 Å². The van der Waals surface area contributed by atoms with Gasteiger partial charge in [-0.25, -0.2) is 0 Å². The number of nitrogens with zero attached hydrogens (tertiary/aromatic N) is 3. The molecule has 4 heterocycles. The molecule has 21 atom stereocenters. The van der Waals surface area contributed by atoms with Crippen LogP contribution in [-0.2, 0) is 0 Å². The zero-order valence-electron chi connectivity index (χ0n) is 31.1. The molecule has 9 aliphatic carbocycles. The van der Waals surface area contributed by atoms with Crippen LogP contribution < -0.4 is 0 Å². The smallest absolute Gasteiger partial charge is 0.0417 e. The fraction of sp³-hybridized carbons (Fsp3) is 1.00. The Morgan fingerprint density at radius 3 is 1.55 bits per heavy atom. The summed E-state index contributed by atoms with van der Waals surface area (Å²) in [6, 6.07) is 8.34. The van der Waals surface area contributed by atoms with Crippen molar-refractivity contribution in [3.8, 4) is 0 Å². The quantitative estimate of drug-likeness (QED) is 0.255. The molecule has 3 nitrogen and oxygen atoms in total. The Morgan fingerprint density at radius 1 is 0.245 bits per heavy atom. The standard InChI is InChI=1S/C46H71N3/c1-3-14-28-26(12-1)24-38-45-40(28)34-20-9-10-22-36(34)48(45)44-29-15-4-2-13-27(29)25-39-46(44)47(38)37-23-11-21-35-41-32-18-7-5-16-30(32)31-17-6-8-19-33(31)43(41)49(39)42(35)37/h26-46H,1-25H2. The summed E-state index contributed by atoms with van der Waals surface area (Å²) in [6.45, 7) is 0. The largest absolute Gasteiger partial charge is 0.290 e. The van der Waals surface area contributed by atoms with Crippen molar-refractivity contribution in [1.82, 2.24) is 14.7 Å².